The molecule has 3 rings (SSSR count). The summed E-state index contributed by atoms with van der Waals surface area (Å²) in [5.74, 6) is -0.0922. The Balaban J connectivity index is 0.00000192. The number of esters is 1. The zero-order valence-electron chi connectivity index (χ0n) is 12.8. The number of halogens is 1. The summed E-state index contributed by atoms with van der Waals surface area (Å²) < 4.78 is 31.9. The van der Waals surface area contributed by atoms with Crippen molar-refractivity contribution in [1.82, 2.24) is 4.31 Å². The second-order valence-electron chi connectivity index (χ2n) is 5.97. The summed E-state index contributed by atoms with van der Waals surface area (Å²) >= 11 is 0. The fourth-order valence-electron chi connectivity index (χ4n) is 3.57. The molecule has 0 aromatic heterocycles. The number of fused-ring (bicyclic) bond motifs is 1. The Morgan fingerprint density at radius 2 is 1.96 bits per heavy atom. The minimum Gasteiger partial charge on any atom is -0.465 e. The predicted octanol–water partition coefficient (Wildman–Crippen LogP) is 1.25. The Hall–Kier alpha value is -1.15. The summed E-state index contributed by atoms with van der Waals surface area (Å²) in [6, 6.07) is 6.24. The van der Waals surface area contributed by atoms with Crippen LogP contribution in [0.5, 0.6) is 0 Å². The average molecular weight is 361 g/mol. The average Bonchev–Trinajstić information content (AvgIpc) is 3.09. The molecule has 2 fully saturated rings. The molecule has 1 aromatic carbocycles. The molecule has 6 nitrogen and oxygen atoms in total. The van der Waals surface area contributed by atoms with E-state index in [9.17, 15) is 13.2 Å². The zero-order valence-corrected chi connectivity index (χ0v) is 14.5. The first kappa shape index (κ1) is 18.2. The van der Waals surface area contributed by atoms with Crippen molar-refractivity contribution in [3.8, 4) is 0 Å². The molecular formula is C15H21ClN2O4S. The van der Waals surface area contributed by atoms with E-state index in [1.165, 1.54) is 23.5 Å². The molecule has 0 spiro atoms. The summed E-state index contributed by atoms with van der Waals surface area (Å²) in [4.78, 5) is 11.8. The lowest BCUT2D eigenvalue weighted by Gasteiger charge is -2.19. The molecule has 1 aromatic rings. The van der Waals surface area contributed by atoms with Crippen molar-refractivity contribution in [1.29, 1.82) is 0 Å². The van der Waals surface area contributed by atoms with Gasteiger partial charge in [0, 0.05) is 19.1 Å². The fraction of sp³-hybridized carbons (Fsp3) is 0.533. The van der Waals surface area contributed by atoms with Crippen LogP contribution in [0.4, 0.5) is 0 Å². The highest BCUT2D eigenvalue weighted by Crippen LogP contribution is 2.39. The summed E-state index contributed by atoms with van der Waals surface area (Å²) in [6.45, 7) is 0.917. The van der Waals surface area contributed by atoms with Gasteiger partial charge in [-0.15, -0.1) is 12.4 Å². The molecule has 1 aliphatic carbocycles. The molecule has 2 aliphatic rings. The molecule has 1 saturated carbocycles. The number of hydrogen-bond acceptors (Lipinski definition) is 5. The molecule has 8 heteroatoms. The van der Waals surface area contributed by atoms with Crippen LogP contribution in [0.1, 0.15) is 23.2 Å². The van der Waals surface area contributed by atoms with Gasteiger partial charge in [-0.05, 0) is 36.8 Å². The molecule has 1 aliphatic heterocycles. The van der Waals surface area contributed by atoms with Gasteiger partial charge in [-0.25, -0.2) is 13.2 Å². The van der Waals surface area contributed by atoms with Crippen molar-refractivity contribution >= 4 is 28.4 Å². The highest BCUT2D eigenvalue weighted by Gasteiger charge is 2.45. The summed E-state index contributed by atoms with van der Waals surface area (Å²) in [6.07, 6.45) is 1.93. The van der Waals surface area contributed by atoms with E-state index in [0.29, 0.717) is 19.0 Å². The van der Waals surface area contributed by atoms with E-state index in [4.69, 9.17) is 5.73 Å². The Kier molecular flexibility index (Phi) is 5.35. The van der Waals surface area contributed by atoms with Crippen LogP contribution in [-0.2, 0) is 14.8 Å². The lowest BCUT2D eigenvalue weighted by Crippen LogP contribution is -2.34. The van der Waals surface area contributed by atoms with Crippen LogP contribution in [-0.4, -0.2) is 44.9 Å². The Bertz CT molecular complexity index is 694. The minimum atomic E-state index is -3.71. The molecule has 23 heavy (non-hydrogen) atoms. The number of methoxy groups -OCH3 is 1. The van der Waals surface area contributed by atoms with Crippen LogP contribution in [0, 0.1) is 11.8 Å². The van der Waals surface area contributed by atoms with Crippen LogP contribution < -0.4 is 5.73 Å². The number of rotatable bonds is 3. The van der Waals surface area contributed by atoms with Gasteiger partial charge >= 0.3 is 5.97 Å². The number of sulfonamides is 1. The number of hydrogen-bond donors (Lipinski definition) is 1. The molecule has 3 unspecified atom stereocenters. The highest BCUT2D eigenvalue weighted by atomic mass is 35.5. The second kappa shape index (κ2) is 6.76. The number of carbonyl (C=O) groups excluding carboxylic acids is 1. The predicted molar refractivity (Wildman–Crippen MR) is 88.0 cm³/mol. The fourth-order valence-corrected chi connectivity index (χ4v) is 5.29. The monoisotopic (exact) mass is 360 g/mol. The maximum atomic E-state index is 12.9. The van der Waals surface area contributed by atoms with Crippen molar-refractivity contribution in [2.75, 3.05) is 20.2 Å². The quantitative estimate of drug-likeness (QED) is 0.819. The Labute approximate surface area is 142 Å². The van der Waals surface area contributed by atoms with Gasteiger partial charge in [0.15, 0.2) is 0 Å². The molecule has 1 heterocycles. The molecular weight excluding hydrogens is 340 g/mol. The molecule has 3 atom stereocenters. The largest absolute Gasteiger partial charge is 0.465 e. The van der Waals surface area contributed by atoms with Gasteiger partial charge in [0.25, 0.3) is 0 Å². The lowest BCUT2D eigenvalue weighted by atomic mass is 9.98. The van der Waals surface area contributed by atoms with Gasteiger partial charge < -0.3 is 10.5 Å². The van der Waals surface area contributed by atoms with E-state index in [1.54, 1.807) is 12.1 Å². The number of carbonyl (C=O) groups is 1. The SMILES string of the molecule is COC(=O)c1ccccc1S(=O)(=O)N1CC2CCC(N)C2C1.Cl. The summed E-state index contributed by atoms with van der Waals surface area (Å²) in [5.41, 5.74) is 6.14. The third kappa shape index (κ3) is 3.10. The third-order valence-electron chi connectivity index (χ3n) is 4.79. The van der Waals surface area contributed by atoms with Crippen molar-refractivity contribution in [3.63, 3.8) is 0 Å². The molecule has 0 radical (unpaired) electrons. The number of ether oxygens (including phenoxy) is 1. The van der Waals surface area contributed by atoms with Gasteiger partial charge in [-0.1, -0.05) is 12.1 Å². The third-order valence-corrected chi connectivity index (χ3v) is 6.68. The second-order valence-corrected chi connectivity index (χ2v) is 7.88. The van der Waals surface area contributed by atoms with Gasteiger partial charge in [0.2, 0.25) is 10.0 Å². The Morgan fingerprint density at radius 3 is 2.61 bits per heavy atom. The van der Waals surface area contributed by atoms with E-state index in [0.717, 1.165) is 12.8 Å². The van der Waals surface area contributed by atoms with Crippen molar-refractivity contribution < 1.29 is 17.9 Å². The first-order valence-electron chi connectivity index (χ1n) is 7.38. The van der Waals surface area contributed by atoms with Crippen LogP contribution in [0.25, 0.3) is 0 Å². The van der Waals surface area contributed by atoms with E-state index >= 15 is 0 Å². The van der Waals surface area contributed by atoms with Gasteiger partial charge in [-0.2, -0.15) is 4.31 Å². The normalized spacial score (nSPS) is 27.3. The van der Waals surface area contributed by atoms with Crippen molar-refractivity contribution in [2.45, 2.75) is 23.8 Å². The van der Waals surface area contributed by atoms with Gasteiger partial charge in [-0.3, -0.25) is 0 Å². The summed E-state index contributed by atoms with van der Waals surface area (Å²) in [5, 5.41) is 0. The first-order chi connectivity index (χ1) is 10.4. The topological polar surface area (TPSA) is 89.7 Å². The van der Waals surface area contributed by atoms with Gasteiger partial charge in [0.05, 0.1) is 17.6 Å². The molecule has 128 valence electrons. The van der Waals surface area contributed by atoms with Crippen molar-refractivity contribution in [3.05, 3.63) is 29.8 Å². The lowest BCUT2D eigenvalue weighted by molar-refractivity contribution is 0.0596. The highest BCUT2D eigenvalue weighted by molar-refractivity contribution is 7.89. The number of benzene rings is 1. The van der Waals surface area contributed by atoms with E-state index in [1.807, 2.05) is 0 Å². The minimum absolute atomic E-state index is 0. The van der Waals surface area contributed by atoms with Crippen LogP contribution >= 0.6 is 12.4 Å². The van der Waals surface area contributed by atoms with E-state index < -0.39 is 16.0 Å². The standard InChI is InChI=1S/C15H20N2O4S.ClH/c1-21-15(18)11-4-2-3-5-14(11)22(19,20)17-8-10-6-7-13(16)12(10)9-17;/h2-5,10,12-13H,6-9,16H2,1H3;1H. The zero-order chi connectivity index (χ0) is 15.9. The van der Waals surface area contributed by atoms with Crippen LogP contribution in [0.3, 0.4) is 0 Å². The number of nitrogens with two attached hydrogens (primary N) is 1. The molecule has 0 amide bonds. The maximum Gasteiger partial charge on any atom is 0.339 e. The van der Waals surface area contributed by atoms with E-state index in [-0.39, 0.29) is 34.8 Å². The van der Waals surface area contributed by atoms with Crippen molar-refractivity contribution in [2.24, 2.45) is 17.6 Å². The Morgan fingerprint density at radius 1 is 1.26 bits per heavy atom. The smallest absolute Gasteiger partial charge is 0.339 e. The summed E-state index contributed by atoms with van der Waals surface area (Å²) in [7, 11) is -2.47. The van der Waals surface area contributed by atoms with Crippen LogP contribution in [0.2, 0.25) is 0 Å². The van der Waals surface area contributed by atoms with Gasteiger partial charge in [0.1, 0.15) is 0 Å². The molecule has 2 N–H and O–H groups in total. The maximum absolute atomic E-state index is 12.9. The van der Waals surface area contributed by atoms with Crippen LogP contribution in [0.15, 0.2) is 29.2 Å². The number of nitrogens with zero attached hydrogens (tertiary/aromatic N) is 1. The first-order valence-corrected chi connectivity index (χ1v) is 8.82. The van der Waals surface area contributed by atoms with E-state index in [2.05, 4.69) is 4.74 Å². The molecule has 0 bridgehead atoms. The molecule has 1 saturated heterocycles.